The van der Waals surface area contributed by atoms with Gasteiger partial charge in [0.15, 0.2) is 6.61 Å². The van der Waals surface area contributed by atoms with Crippen LogP contribution >= 0.6 is 0 Å². The molecule has 2 aliphatic rings. The van der Waals surface area contributed by atoms with Crippen LogP contribution in [0, 0.1) is 0 Å². The summed E-state index contributed by atoms with van der Waals surface area (Å²) in [5.74, 6) is 1.58. The molecule has 2 fully saturated rings. The first-order chi connectivity index (χ1) is 12.0. The number of hydrogen-bond acceptors (Lipinski definition) is 4. The third kappa shape index (κ3) is 3.76. The maximum atomic E-state index is 12.9. The Hall–Kier alpha value is -1.75. The number of carbonyl (C=O) groups is 1. The van der Waals surface area contributed by atoms with E-state index in [0.717, 1.165) is 38.1 Å². The van der Waals surface area contributed by atoms with Crippen molar-refractivity contribution in [2.45, 2.75) is 50.6 Å². The molecule has 2 saturated heterocycles. The van der Waals surface area contributed by atoms with Crippen LogP contribution in [0.25, 0.3) is 0 Å². The van der Waals surface area contributed by atoms with Crippen molar-refractivity contribution in [1.82, 2.24) is 9.80 Å². The Kier molecular flexibility index (Phi) is 5.52. The van der Waals surface area contributed by atoms with E-state index in [0.29, 0.717) is 11.8 Å². The number of nitrogens with zero attached hydrogens (tertiary/aromatic N) is 2. The molecule has 2 heterocycles. The molecule has 0 aliphatic carbocycles. The van der Waals surface area contributed by atoms with Crippen LogP contribution in [0.4, 0.5) is 0 Å². The molecule has 0 unspecified atom stereocenters. The standard InChI is InChI=1S/C20H30N2O3/c1-20-12-6-14-22(18(20)7-4-5-13-21(20)2)19(23)15-25-17-10-8-16(24-3)9-11-17/h8-11,18H,4-7,12-15H2,1-3H3/t18-,20-/m0/s1. The topological polar surface area (TPSA) is 42.0 Å². The van der Waals surface area contributed by atoms with Gasteiger partial charge in [0.25, 0.3) is 5.91 Å². The zero-order valence-corrected chi connectivity index (χ0v) is 15.7. The molecule has 5 nitrogen and oxygen atoms in total. The Morgan fingerprint density at radius 2 is 1.88 bits per heavy atom. The normalized spacial score (nSPS) is 27.3. The molecule has 0 saturated carbocycles. The summed E-state index contributed by atoms with van der Waals surface area (Å²) in [6, 6.07) is 7.66. The van der Waals surface area contributed by atoms with Gasteiger partial charge in [-0.25, -0.2) is 0 Å². The second kappa shape index (κ2) is 7.65. The van der Waals surface area contributed by atoms with Crippen molar-refractivity contribution in [1.29, 1.82) is 0 Å². The summed E-state index contributed by atoms with van der Waals surface area (Å²) in [6.07, 6.45) is 5.72. The first-order valence-electron chi connectivity index (χ1n) is 9.32. The molecule has 25 heavy (non-hydrogen) atoms. The largest absolute Gasteiger partial charge is 0.497 e. The second-order valence-corrected chi connectivity index (χ2v) is 7.45. The van der Waals surface area contributed by atoms with Crippen molar-refractivity contribution in [3.63, 3.8) is 0 Å². The lowest BCUT2D eigenvalue weighted by Crippen LogP contribution is -2.63. The molecule has 1 amide bonds. The fraction of sp³-hybridized carbons (Fsp3) is 0.650. The van der Waals surface area contributed by atoms with E-state index in [1.54, 1.807) is 7.11 Å². The van der Waals surface area contributed by atoms with E-state index in [4.69, 9.17) is 9.47 Å². The molecular weight excluding hydrogens is 316 g/mol. The molecule has 0 bridgehead atoms. The summed E-state index contributed by atoms with van der Waals surface area (Å²) in [7, 11) is 3.84. The van der Waals surface area contributed by atoms with E-state index in [1.165, 1.54) is 12.8 Å². The number of fused-ring (bicyclic) bond motifs is 1. The fourth-order valence-electron chi connectivity index (χ4n) is 4.32. The molecule has 1 aromatic carbocycles. The number of likely N-dealkylation sites (tertiary alicyclic amines) is 2. The van der Waals surface area contributed by atoms with E-state index in [-0.39, 0.29) is 18.1 Å². The summed E-state index contributed by atoms with van der Waals surface area (Å²) in [5, 5.41) is 0. The molecule has 0 spiro atoms. The van der Waals surface area contributed by atoms with Crippen LogP contribution in [0.3, 0.4) is 0 Å². The van der Waals surface area contributed by atoms with Crippen molar-refractivity contribution >= 4 is 5.91 Å². The van der Waals surface area contributed by atoms with E-state index in [2.05, 4.69) is 23.8 Å². The van der Waals surface area contributed by atoms with Gasteiger partial charge >= 0.3 is 0 Å². The third-order valence-corrected chi connectivity index (χ3v) is 6.01. The van der Waals surface area contributed by atoms with Crippen molar-refractivity contribution in [2.24, 2.45) is 0 Å². The smallest absolute Gasteiger partial charge is 0.260 e. The Bertz CT molecular complexity index is 589. The van der Waals surface area contributed by atoms with Gasteiger partial charge in [-0.3, -0.25) is 9.69 Å². The Balaban J connectivity index is 1.65. The predicted octanol–water partition coefficient (Wildman–Crippen LogP) is 2.94. The minimum absolute atomic E-state index is 0.0878. The van der Waals surface area contributed by atoms with Crippen LogP contribution in [-0.4, -0.2) is 61.1 Å². The van der Waals surface area contributed by atoms with Crippen molar-refractivity contribution < 1.29 is 14.3 Å². The van der Waals surface area contributed by atoms with Gasteiger partial charge in [-0.05, 0) is 70.5 Å². The van der Waals surface area contributed by atoms with Gasteiger partial charge in [0.05, 0.1) is 7.11 Å². The van der Waals surface area contributed by atoms with Gasteiger partial charge < -0.3 is 14.4 Å². The zero-order valence-electron chi connectivity index (χ0n) is 15.7. The first-order valence-corrected chi connectivity index (χ1v) is 9.32. The summed E-state index contributed by atoms with van der Waals surface area (Å²) >= 11 is 0. The third-order valence-electron chi connectivity index (χ3n) is 6.01. The van der Waals surface area contributed by atoms with Crippen LogP contribution in [0.1, 0.15) is 39.0 Å². The number of likely N-dealkylation sites (N-methyl/N-ethyl adjacent to an activating group) is 1. The van der Waals surface area contributed by atoms with Gasteiger partial charge in [-0.1, -0.05) is 6.42 Å². The fourth-order valence-corrected chi connectivity index (χ4v) is 4.32. The average molecular weight is 346 g/mol. The molecule has 138 valence electrons. The first kappa shape index (κ1) is 18.1. The number of methoxy groups -OCH3 is 1. The number of benzene rings is 1. The van der Waals surface area contributed by atoms with E-state index in [9.17, 15) is 4.79 Å². The lowest BCUT2D eigenvalue weighted by molar-refractivity contribution is -0.142. The second-order valence-electron chi connectivity index (χ2n) is 7.45. The lowest BCUT2D eigenvalue weighted by atomic mass is 9.80. The van der Waals surface area contributed by atoms with E-state index < -0.39 is 0 Å². The molecule has 0 aromatic heterocycles. The number of amides is 1. The van der Waals surface area contributed by atoms with Crippen molar-refractivity contribution in [3.8, 4) is 11.5 Å². The van der Waals surface area contributed by atoms with E-state index >= 15 is 0 Å². The molecule has 1 aromatic rings. The number of rotatable bonds is 4. The summed E-state index contributed by atoms with van der Waals surface area (Å²) in [5.41, 5.74) is 0.0878. The van der Waals surface area contributed by atoms with Crippen LogP contribution < -0.4 is 9.47 Å². The summed E-state index contributed by atoms with van der Waals surface area (Å²) in [6.45, 7) is 4.39. The maximum Gasteiger partial charge on any atom is 0.260 e. The quantitative estimate of drug-likeness (QED) is 0.841. The molecule has 0 radical (unpaired) electrons. The van der Waals surface area contributed by atoms with E-state index in [1.807, 2.05) is 24.3 Å². The number of ether oxygens (including phenoxy) is 2. The highest BCUT2D eigenvalue weighted by molar-refractivity contribution is 5.78. The highest BCUT2D eigenvalue weighted by Crippen LogP contribution is 2.37. The molecule has 3 rings (SSSR count). The minimum Gasteiger partial charge on any atom is -0.497 e. The number of carbonyl (C=O) groups excluding carboxylic acids is 1. The van der Waals surface area contributed by atoms with Gasteiger partial charge in [0.1, 0.15) is 11.5 Å². The number of piperidine rings is 1. The molecule has 2 aliphatic heterocycles. The highest BCUT2D eigenvalue weighted by Gasteiger charge is 2.45. The van der Waals surface area contributed by atoms with Crippen LogP contribution in [0.5, 0.6) is 11.5 Å². The minimum atomic E-state index is 0.0878. The van der Waals surface area contributed by atoms with Crippen LogP contribution in [0.2, 0.25) is 0 Å². The molecule has 5 heteroatoms. The zero-order chi connectivity index (χ0) is 17.9. The van der Waals surface area contributed by atoms with Gasteiger partial charge in [-0.2, -0.15) is 0 Å². The summed E-state index contributed by atoms with van der Waals surface area (Å²) in [4.78, 5) is 17.4. The monoisotopic (exact) mass is 346 g/mol. The maximum absolute atomic E-state index is 12.9. The van der Waals surface area contributed by atoms with Gasteiger partial charge in [0.2, 0.25) is 0 Å². The highest BCUT2D eigenvalue weighted by atomic mass is 16.5. The van der Waals surface area contributed by atoms with Crippen molar-refractivity contribution in [2.75, 3.05) is 33.9 Å². The van der Waals surface area contributed by atoms with Crippen LogP contribution in [0.15, 0.2) is 24.3 Å². The molecule has 2 atom stereocenters. The molecule has 0 N–H and O–H groups in total. The van der Waals surface area contributed by atoms with Gasteiger partial charge in [0, 0.05) is 18.1 Å². The van der Waals surface area contributed by atoms with Crippen molar-refractivity contribution in [3.05, 3.63) is 24.3 Å². The average Bonchev–Trinajstić information content (AvgIpc) is 2.78. The lowest BCUT2D eigenvalue weighted by Gasteiger charge is -2.51. The van der Waals surface area contributed by atoms with Gasteiger partial charge in [-0.15, -0.1) is 0 Å². The Morgan fingerprint density at radius 1 is 1.16 bits per heavy atom. The Morgan fingerprint density at radius 3 is 2.60 bits per heavy atom. The number of hydrogen-bond donors (Lipinski definition) is 0. The predicted molar refractivity (Wildman–Crippen MR) is 98.1 cm³/mol. The Labute approximate surface area is 150 Å². The molecular formula is C20H30N2O3. The van der Waals surface area contributed by atoms with Crippen LogP contribution in [-0.2, 0) is 4.79 Å². The SMILES string of the molecule is COc1ccc(OCC(=O)N2CCC[C@@]3(C)[C@@H]2CCCCN3C)cc1. The summed E-state index contributed by atoms with van der Waals surface area (Å²) < 4.78 is 10.9.